The maximum atomic E-state index is 12.2. The zero-order valence-corrected chi connectivity index (χ0v) is 12.8. The molecule has 0 atom stereocenters. The molecule has 6 heteroatoms. The minimum Gasteiger partial charge on any atom is -0.493 e. The third kappa shape index (κ3) is 2.40. The molecule has 0 fully saturated rings. The highest BCUT2D eigenvalue weighted by Crippen LogP contribution is 2.37. The second-order valence-corrected chi connectivity index (χ2v) is 5.03. The average molecular weight is 317 g/mol. The molecule has 0 saturated heterocycles. The Morgan fingerprint density at radius 2 is 1.77 bits per heavy atom. The number of fused-ring (bicyclic) bond motifs is 1. The quantitative estimate of drug-likeness (QED) is 0.805. The van der Waals surface area contributed by atoms with E-state index in [9.17, 15) is 4.79 Å². The summed E-state index contributed by atoms with van der Waals surface area (Å²) in [4.78, 5) is 19.4. The van der Waals surface area contributed by atoms with E-state index in [-0.39, 0.29) is 5.56 Å². The fourth-order valence-corrected chi connectivity index (χ4v) is 2.49. The molecule has 3 aromatic rings. The van der Waals surface area contributed by atoms with Gasteiger partial charge in [0.25, 0.3) is 5.56 Å². The highest BCUT2D eigenvalue weighted by Gasteiger charge is 2.14. The van der Waals surface area contributed by atoms with Crippen LogP contribution in [0, 0.1) is 0 Å². The van der Waals surface area contributed by atoms with Gasteiger partial charge in [-0.2, -0.15) is 0 Å². The van der Waals surface area contributed by atoms with E-state index >= 15 is 0 Å². The number of methoxy groups -OCH3 is 2. The van der Waals surface area contributed by atoms with E-state index in [1.54, 1.807) is 30.3 Å². The first-order valence-electron chi connectivity index (χ1n) is 6.55. The molecule has 0 bridgehead atoms. The van der Waals surface area contributed by atoms with Crippen molar-refractivity contribution in [1.29, 1.82) is 0 Å². The van der Waals surface area contributed by atoms with Gasteiger partial charge in [0.15, 0.2) is 11.5 Å². The Kier molecular flexibility index (Phi) is 3.73. The second kappa shape index (κ2) is 5.69. The lowest BCUT2D eigenvalue weighted by Gasteiger charge is -2.11. The molecule has 112 valence electrons. The van der Waals surface area contributed by atoms with E-state index in [1.165, 1.54) is 14.2 Å². The number of para-hydroxylation sites is 1. The molecule has 0 amide bonds. The zero-order valence-electron chi connectivity index (χ0n) is 12.0. The summed E-state index contributed by atoms with van der Waals surface area (Å²) in [5, 5.41) is 0.943. The van der Waals surface area contributed by atoms with Crippen molar-refractivity contribution in [2.24, 2.45) is 0 Å². The number of hydrogen-bond donors (Lipinski definition) is 1. The van der Waals surface area contributed by atoms with Crippen molar-refractivity contribution >= 4 is 22.5 Å². The van der Waals surface area contributed by atoms with Crippen LogP contribution in [0.4, 0.5) is 0 Å². The van der Waals surface area contributed by atoms with E-state index in [0.717, 1.165) is 0 Å². The van der Waals surface area contributed by atoms with Gasteiger partial charge in [-0.25, -0.2) is 4.98 Å². The van der Waals surface area contributed by atoms with Gasteiger partial charge in [0.2, 0.25) is 0 Å². The number of ether oxygens (including phenoxy) is 2. The van der Waals surface area contributed by atoms with E-state index in [1.807, 2.05) is 6.07 Å². The molecule has 22 heavy (non-hydrogen) atoms. The highest BCUT2D eigenvalue weighted by molar-refractivity contribution is 6.33. The molecular formula is C16H13ClN2O3. The first-order valence-corrected chi connectivity index (χ1v) is 6.93. The maximum absolute atomic E-state index is 12.2. The van der Waals surface area contributed by atoms with Gasteiger partial charge in [-0.3, -0.25) is 4.79 Å². The third-order valence-electron chi connectivity index (χ3n) is 3.34. The molecule has 0 saturated carbocycles. The van der Waals surface area contributed by atoms with Crippen molar-refractivity contribution in [2.75, 3.05) is 14.2 Å². The predicted octanol–water partition coefficient (Wildman–Crippen LogP) is 3.26. The second-order valence-electron chi connectivity index (χ2n) is 4.62. The molecule has 0 spiro atoms. The summed E-state index contributed by atoms with van der Waals surface area (Å²) in [6, 6.07) is 10.4. The molecule has 0 radical (unpaired) electrons. The van der Waals surface area contributed by atoms with Crippen LogP contribution in [0.3, 0.4) is 0 Å². The first kappa shape index (κ1) is 14.4. The standard InChI is InChI=1S/C16H13ClN2O3/c1-21-13-7-10(11(17)8-14(13)22-2)15-18-12-6-4-3-5-9(12)16(20)19-15/h3-8H,1-2H3,(H,18,19,20). The molecule has 0 aliphatic carbocycles. The predicted molar refractivity (Wildman–Crippen MR) is 85.9 cm³/mol. The summed E-state index contributed by atoms with van der Waals surface area (Å²) >= 11 is 6.28. The van der Waals surface area contributed by atoms with Crippen molar-refractivity contribution < 1.29 is 9.47 Å². The third-order valence-corrected chi connectivity index (χ3v) is 3.65. The number of nitrogens with one attached hydrogen (secondary N) is 1. The van der Waals surface area contributed by atoms with Crippen LogP contribution in [-0.2, 0) is 0 Å². The number of H-pyrrole nitrogens is 1. The van der Waals surface area contributed by atoms with Gasteiger partial charge >= 0.3 is 0 Å². The largest absolute Gasteiger partial charge is 0.493 e. The van der Waals surface area contributed by atoms with Gasteiger partial charge in [0.1, 0.15) is 5.82 Å². The van der Waals surface area contributed by atoms with E-state index < -0.39 is 0 Å². The molecular weight excluding hydrogens is 304 g/mol. The summed E-state index contributed by atoms with van der Waals surface area (Å²) in [6.07, 6.45) is 0. The number of halogens is 1. The van der Waals surface area contributed by atoms with Crippen molar-refractivity contribution in [2.45, 2.75) is 0 Å². The Morgan fingerprint density at radius 1 is 1.09 bits per heavy atom. The summed E-state index contributed by atoms with van der Waals surface area (Å²) in [7, 11) is 3.07. The summed E-state index contributed by atoms with van der Waals surface area (Å²) in [6.45, 7) is 0. The Labute approximate surface area is 131 Å². The summed E-state index contributed by atoms with van der Waals surface area (Å²) < 4.78 is 10.5. The van der Waals surface area contributed by atoms with Crippen LogP contribution in [-0.4, -0.2) is 24.2 Å². The Bertz CT molecular complexity index is 906. The summed E-state index contributed by atoms with van der Waals surface area (Å²) in [5.41, 5.74) is 0.959. The van der Waals surface area contributed by atoms with E-state index in [0.29, 0.717) is 38.8 Å². The fraction of sp³-hybridized carbons (Fsp3) is 0.125. The molecule has 1 N–H and O–H groups in total. The molecule has 3 rings (SSSR count). The van der Waals surface area contributed by atoms with Crippen LogP contribution in [0.15, 0.2) is 41.2 Å². The van der Waals surface area contributed by atoms with Crippen LogP contribution >= 0.6 is 11.6 Å². The van der Waals surface area contributed by atoms with Crippen LogP contribution in [0.1, 0.15) is 0 Å². The normalized spacial score (nSPS) is 10.7. The molecule has 0 aliphatic rings. The van der Waals surface area contributed by atoms with Crippen molar-refractivity contribution in [3.05, 3.63) is 51.8 Å². The molecule has 2 aromatic carbocycles. The molecule has 1 heterocycles. The van der Waals surface area contributed by atoms with Gasteiger partial charge in [-0.15, -0.1) is 0 Å². The Hall–Kier alpha value is -2.53. The number of aromatic amines is 1. The van der Waals surface area contributed by atoms with Crippen molar-refractivity contribution in [3.8, 4) is 22.9 Å². The lowest BCUT2D eigenvalue weighted by atomic mass is 10.1. The Morgan fingerprint density at radius 3 is 2.50 bits per heavy atom. The smallest absolute Gasteiger partial charge is 0.259 e. The SMILES string of the molecule is COc1cc(Cl)c(-c2nc3ccccc3c(=O)[nH]2)cc1OC. The molecule has 0 unspecified atom stereocenters. The molecule has 0 aliphatic heterocycles. The number of rotatable bonds is 3. The highest BCUT2D eigenvalue weighted by atomic mass is 35.5. The van der Waals surface area contributed by atoms with Crippen molar-refractivity contribution in [1.82, 2.24) is 9.97 Å². The fourth-order valence-electron chi connectivity index (χ4n) is 2.25. The average Bonchev–Trinajstić information content (AvgIpc) is 2.54. The van der Waals surface area contributed by atoms with Gasteiger partial charge in [0, 0.05) is 11.6 Å². The zero-order chi connectivity index (χ0) is 15.7. The van der Waals surface area contributed by atoms with Gasteiger partial charge in [-0.05, 0) is 18.2 Å². The first-order chi connectivity index (χ1) is 10.6. The number of hydrogen-bond acceptors (Lipinski definition) is 4. The molecule has 1 aromatic heterocycles. The van der Waals surface area contributed by atoms with Gasteiger partial charge in [-0.1, -0.05) is 23.7 Å². The van der Waals surface area contributed by atoms with Crippen LogP contribution < -0.4 is 15.0 Å². The number of nitrogens with zero attached hydrogens (tertiary/aromatic N) is 1. The van der Waals surface area contributed by atoms with Gasteiger partial charge in [0.05, 0.1) is 30.1 Å². The minimum atomic E-state index is -0.216. The number of aromatic nitrogens is 2. The topological polar surface area (TPSA) is 64.2 Å². The van der Waals surface area contributed by atoms with Crippen LogP contribution in [0.5, 0.6) is 11.5 Å². The van der Waals surface area contributed by atoms with Gasteiger partial charge < -0.3 is 14.5 Å². The van der Waals surface area contributed by atoms with Crippen LogP contribution in [0.25, 0.3) is 22.3 Å². The van der Waals surface area contributed by atoms with E-state index in [2.05, 4.69) is 9.97 Å². The monoisotopic (exact) mass is 316 g/mol. The molecule has 5 nitrogen and oxygen atoms in total. The maximum Gasteiger partial charge on any atom is 0.259 e. The lowest BCUT2D eigenvalue weighted by molar-refractivity contribution is 0.355. The number of benzene rings is 2. The minimum absolute atomic E-state index is 0.216. The summed E-state index contributed by atoms with van der Waals surface area (Å²) in [5.74, 6) is 1.41. The van der Waals surface area contributed by atoms with Crippen molar-refractivity contribution in [3.63, 3.8) is 0 Å². The van der Waals surface area contributed by atoms with Crippen LogP contribution in [0.2, 0.25) is 5.02 Å². The Balaban J connectivity index is 2.25. The lowest BCUT2D eigenvalue weighted by Crippen LogP contribution is -2.09. The van der Waals surface area contributed by atoms with E-state index in [4.69, 9.17) is 21.1 Å².